The first-order chi connectivity index (χ1) is 13.0. The van der Waals surface area contributed by atoms with Crippen molar-refractivity contribution in [3.63, 3.8) is 0 Å². The molecular formula is C20H21NO5S. The topological polar surface area (TPSA) is 72.9 Å². The second kappa shape index (κ2) is 7.84. The van der Waals surface area contributed by atoms with E-state index in [1.807, 2.05) is 30.3 Å². The van der Waals surface area contributed by atoms with Crippen LogP contribution in [0.4, 0.5) is 0 Å². The van der Waals surface area contributed by atoms with Gasteiger partial charge in [0.2, 0.25) is 0 Å². The van der Waals surface area contributed by atoms with Gasteiger partial charge in [0, 0.05) is 18.7 Å². The van der Waals surface area contributed by atoms with E-state index < -0.39 is 16.0 Å². The van der Waals surface area contributed by atoms with Crippen LogP contribution in [0.15, 0.2) is 71.3 Å². The Morgan fingerprint density at radius 3 is 2.30 bits per heavy atom. The smallest absolute Gasteiger partial charge is 0.335 e. The average Bonchev–Trinajstić information content (AvgIpc) is 2.73. The molecule has 1 aliphatic heterocycles. The zero-order valence-electron chi connectivity index (χ0n) is 15.2. The molecule has 0 bridgehead atoms. The Hall–Kier alpha value is -2.80. The van der Waals surface area contributed by atoms with Crippen LogP contribution in [0, 0.1) is 0 Å². The van der Waals surface area contributed by atoms with Crippen LogP contribution in [0.3, 0.4) is 0 Å². The molecule has 142 valence electrons. The lowest BCUT2D eigenvalue weighted by molar-refractivity contribution is -0.136. The molecule has 3 rings (SSSR count). The first-order valence-corrected chi connectivity index (χ1v) is 9.92. The Labute approximate surface area is 159 Å². The summed E-state index contributed by atoms with van der Waals surface area (Å²) in [6.45, 7) is 0.272. The van der Waals surface area contributed by atoms with Crippen molar-refractivity contribution in [1.29, 1.82) is 0 Å². The summed E-state index contributed by atoms with van der Waals surface area (Å²) in [5.74, 6) is -0.165. The first kappa shape index (κ1) is 19.0. The summed E-state index contributed by atoms with van der Waals surface area (Å²) in [7, 11) is -0.963. The van der Waals surface area contributed by atoms with Gasteiger partial charge in [-0.15, -0.1) is 0 Å². The fourth-order valence-corrected chi connectivity index (χ4v) is 4.49. The summed E-state index contributed by atoms with van der Waals surface area (Å²) in [5.41, 5.74) is 1.28. The van der Waals surface area contributed by atoms with E-state index in [0.717, 1.165) is 5.56 Å². The van der Waals surface area contributed by atoms with Crippen LogP contribution in [0.25, 0.3) is 0 Å². The molecule has 0 saturated heterocycles. The maximum Gasteiger partial charge on any atom is 0.335 e. The summed E-state index contributed by atoms with van der Waals surface area (Å²) < 4.78 is 37.1. The molecule has 7 heteroatoms. The monoisotopic (exact) mass is 387 g/mol. The third-order valence-electron chi connectivity index (χ3n) is 4.59. The number of ether oxygens (including phenoxy) is 2. The lowest BCUT2D eigenvalue weighted by Crippen LogP contribution is -2.34. The van der Waals surface area contributed by atoms with Crippen LogP contribution in [0.1, 0.15) is 17.9 Å². The molecule has 0 aliphatic carbocycles. The summed E-state index contributed by atoms with van der Waals surface area (Å²) in [6.07, 6.45) is 1.88. The second-order valence-corrected chi connectivity index (χ2v) is 8.01. The average molecular weight is 387 g/mol. The molecule has 0 radical (unpaired) electrons. The fourth-order valence-electron chi connectivity index (χ4n) is 3.14. The molecule has 2 aromatic carbocycles. The minimum Gasteiger partial charge on any atom is -0.497 e. The van der Waals surface area contributed by atoms with Crippen LogP contribution in [-0.2, 0) is 19.6 Å². The van der Waals surface area contributed by atoms with Crippen molar-refractivity contribution in [2.45, 2.75) is 17.2 Å². The van der Waals surface area contributed by atoms with Gasteiger partial charge in [0.15, 0.2) is 0 Å². The minimum absolute atomic E-state index is 0.141. The van der Waals surface area contributed by atoms with Gasteiger partial charge < -0.3 is 9.47 Å². The molecule has 0 aromatic heterocycles. The SMILES string of the molecule is COC(=O)C1=CN(S(=O)(=O)c2ccc(OC)cc2)CCC1c1ccccc1. The predicted octanol–water partition coefficient (Wildman–Crippen LogP) is 2.93. The van der Waals surface area contributed by atoms with E-state index in [-0.39, 0.29) is 17.4 Å². The molecule has 1 atom stereocenters. The van der Waals surface area contributed by atoms with Gasteiger partial charge in [-0.05, 0) is 36.2 Å². The number of benzene rings is 2. The van der Waals surface area contributed by atoms with Crippen LogP contribution in [-0.4, -0.2) is 39.5 Å². The zero-order chi connectivity index (χ0) is 19.4. The van der Waals surface area contributed by atoms with E-state index in [2.05, 4.69) is 0 Å². The summed E-state index contributed by atoms with van der Waals surface area (Å²) in [5, 5.41) is 0. The van der Waals surface area contributed by atoms with Gasteiger partial charge in [0.1, 0.15) is 5.75 Å². The van der Waals surface area contributed by atoms with Crippen molar-refractivity contribution in [1.82, 2.24) is 4.31 Å². The molecule has 0 spiro atoms. The predicted molar refractivity (Wildman–Crippen MR) is 101 cm³/mol. The van der Waals surface area contributed by atoms with E-state index in [9.17, 15) is 13.2 Å². The van der Waals surface area contributed by atoms with Crippen LogP contribution >= 0.6 is 0 Å². The number of hydrogen-bond donors (Lipinski definition) is 0. The molecular weight excluding hydrogens is 366 g/mol. The molecule has 0 N–H and O–H groups in total. The van der Waals surface area contributed by atoms with Crippen LogP contribution in [0.5, 0.6) is 5.75 Å². The number of carbonyl (C=O) groups excluding carboxylic acids is 1. The highest BCUT2D eigenvalue weighted by Gasteiger charge is 2.33. The largest absolute Gasteiger partial charge is 0.497 e. The lowest BCUT2D eigenvalue weighted by Gasteiger charge is -2.31. The third kappa shape index (κ3) is 3.83. The normalized spacial score (nSPS) is 17.2. The van der Waals surface area contributed by atoms with E-state index in [0.29, 0.717) is 17.7 Å². The first-order valence-electron chi connectivity index (χ1n) is 8.48. The molecule has 0 amide bonds. The van der Waals surface area contributed by atoms with Gasteiger partial charge in [-0.3, -0.25) is 4.31 Å². The molecule has 2 aromatic rings. The van der Waals surface area contributed by atoms with Gasteiger partial charge in [-0.2, -0.15) is 0 Å². The van der Waals surface area contributed by atoms with E-state index in [4.69, 9.17) is 9.47 Å². The highest BCUT2D eigenvalue weighted by atomic mass is 32.2. The standard InChI is InChI=1S/C20H21NO5S/c1-25-16-8-10-17(11-9-16)27(23,24)21-13-12-18(15-6-4-3-5-7-15)19(14-21)20(22)26-2/h3-11,14,18H,12-13H2,1-2H3. The van der Waals surface area contributed by atoms with Crippen molar-refractivity contribution in [2.75, 3.05) is 20.8 Å². The molecule has 1 unspecified atom stereocenters. The van der Waals surface area contributed by atoms with Crippen molar-refractivity contribution < 1.29 is 22.7 Å². The maximum atomic E-state index is 13.0. The minimum atomic E-state index is -3.77. The molecule has 0 fully saturated rings. The maximum absolute atomic E-state index is 13.0. The van der Waals surface area contributed by atoms with Gasteiger partial charge in [-0.25, -0.2) is 13.2 Å². The van der Waals surface area contributed by atoms with Crippen molar-refractivity contribution in [3.8, 4) is 5.75 Å². The number of hydrogen-bond acceptors (Lipinski definition) is 5. The summed E-state index contributed by atoms with van der Waals surface area (Å²) in [6, 6.07) is 15.7. The Bertz CT molecular complexity index is 936. The van der Waals surface area contributed by atoms with Crippen LogP contribution < -0.4 is 4.74 Å². The van der Waals surface area contributed by atoms with Gasteiger partial charge in [0.05, 0.1) is 24.7 Å². The third-order valence-corrected chi connectivity index (χ3v) is 6.36. The second-order valence-electron chi connectivity index (χ2n) is 6.12. The Morgan fingerprint density at radius 2 is 1.70 bits per heavy atom. The van der Waals surface area contributed by atoms with Crippen molar-refractivity contribution in [3.05, 3.63) is 71.9 Å². The Morgan fingerprint density at radius 1 is 1.04 bits per heavy atom. The van der Waals surface area contributed by atoms with Crippen molar-refractivity contribution in [2.24, 2.45) is 0 Å². The van der Waals surface area contributed by atoms with Crippen LogP contribution in [0.2, 0.25) is 0 Å². The molecule has 1 aliphatic rings. The molecule has 1 heterocycles. The molecule has 27 heavy (non-hydrogen) atoms. The zero-order valence-corrected chi connectivity index (χ0v) is 16.0. The number of methoxy groups -OCH3 is 2. The van der Waals surface area contributed by atoms with E-state index >= 15 is 0 Å². The summed E-state index contributed by atoms with van der Waals surface area (Å²) in [4.78, 5) is 12.5. The van der Waals surface area contributed by atoms with Gasteiger partial charge >= 0.3 is 5.97 Å². The number of esters is 1. The Balaban J connectivity index is 1.98. The van der Waals surface area contributed by atoms with E-state index in [1.54, 1.807) is 12.1 Å². The van der Waals surface area contributed by atoms with Crippen molar-refractivity contribution >= 4 is 16.0 Å². The number of carbonyl (C=O) groups is 1. The summed E-state index contributed by atoms with van der Waals surface area (Å²) >= 11 is 0. The molecule has 6 nitrogen and oxygen atoms in total. The van der Waals surface area contributed by atoms with E-state index in [1.165, 1.54) is 36.9 Å². The highest BCUT2D eigenvalue weighted by molar-refractivity contribution is 7.89. The fraction of sp³-hybridized carbons (Fsp3) is 0.250. The van der Waals surface area contributed by atoms with Gasteiger partial charge in [0.25, 0.3) is 10.0 Å². The molecule has 0 saturated carbocycles. The number of sulfonamides is 1. The Kier molecular flexibility index (Phi) is 5.51. The van der Waals surface area contributed by atoms with Gasteiger partial charge in [-0.1, -0.05) is 30.3 Å². The number of rotatable bonds is 5. The highest BCUT2D eigenvalue weighted by Crippen LogP contribution is 2.34. The quantitative estimate of drug-likeness (QED) is 0.738. The lowest BCUT2D eigenvalue weighted by atomic mass is 9.87. The number of nitrogens with zero attached hydrogens (tertiary/aromatic N) is 1.